The fourth-order valence-corrected chi connectivity index (χ4v) is 6.16. The number of hydrogen-bond donors (Lipinski definition) is 1. The molecule has 3 heterocycles. The van der Waals surface area contributed by atoms with Gasteiger partial charge in [-0.1, -0.05) is 26.8 Å². The Morgan fingerprint density at radius 2 is 1.76 bits per heavy atom. The second-order valence-electron chi connectivity index (χ2n) is 12.7. The lowest BCUT2D eigenvalue weighted by molar-refractivity contribution is 0.289. The zero-order valence-corrected chi connectivity index (χ0v) is 26.4. The van der Waals surface area contributed by atoms with Crippen LogP contribution >= 0.6 is 0 Å². The first kappa shape index (κ1) is 29.4. The minimum absolute atomic E-state index is 0.0819. The number of hydrogen-bond acceptors (Lipinski definition) is 5. The van der Waals surface area contributed by atoms with Gasteiger partial charge in [0.15, 0.2) is 5.54 Å². The van der Waals surface area contributed by atoms with Crippen LogP contribution in [-0.4, -0.2) is 30.3 Å². The average Bonchev–Trinajstić information content (AvgIpc) is 2.91. The number of anilines is 1. The molecule has 2 aliphatic heterocycles. The predicted octanol–water partition coefficient (Wildman–Crippen LogP) is 6.24. The Morgan fingerprint density at radius 1 is 1.05 bits per heavy atom. The van der Waals surface area contributed by atoms with Crippen molar-refractivity contribution in [3.63, 3.8) is 0 Å². The molecule has 0 amide bonds. The maximum atomic E-state index is 13.1. The molecule has 0 fully saturated rings. The summed E-state index contributed by atoms with van der Waals surface area (Å²) in [6.07, 6.45) is 7.88. The number of aromatic hydroxyl groups is 1. The molecule has 0 atom stereocenters. The Hall–Kier alpha value is -4.06. The lowest BCUT2D eigenvalue weighted by Gasteiger charge is -2.28. The van der Waals surface area contributed by atoms with Gasteiger partial charge in [-0.3, -0.25) is 0 Å². The van der Waals surface area contributed by atoms with Gasteiger partial charge in [-0.05, 0) is 75.3 Å². The van der Waals surface area contributed by atoms with Gasteiger partial charge in [-0.25, -0.2) is 9.37 Å². The molecule has 5 rings (SSSR count). The first-order valence-corrected chi connectivity index (χ1v) is 14.9. The van der Waals surface area contributed by atoms with Crippen LogP contribution in [0.15, 0.2) is 63.5 Å². The van der Waals surface area contributed by atoms with Gasteiger partial charge in [-0.15, -0.1) is 0 Å². The molecule has 0 unspecified atom stereocenters. The van der Waals surface area contributed by atoms with Crippen molar-refractivity contribution in [3.8, 4) is 11.5 Å². The molecule has 0 bridgehead atoms. The van der Waals surface area contributed by atoms with E-state index in [1.807, 2.05) is 30.4 Å². The molecule has 1 N–H and O–H groups in total. The van der Waals surface area contributed by atoms with Crippen molar-refractivity contribution in [3.05, 3.63) is 86.4 Å². The average molecular weight is 568 g/mol. The van der Waals surface area contributed by atoms with Crippen molar-refractivity contribution in [1.29, 1.82) is 0 Å². The highest BCUT2D eigenvalue weighted by molar-refractivity contribution is 5.90. The van der Waals surface area contributed by atoms with Crippen LogP contribution in [-0.2, 0) is 0 Å². The van der Waals surface area contributed by atoms with Gasteiger partial charge in [0, 0.05) is 54.9 Å². The number of ether oxygens (including phenoxy) is 1. The fourth-order valence-electron chi connectivity index (χ4n) is 6.16. The molecule has 3 aromatic rings. The Balaban J connectivity index is 1.71. The predicted molar refractivity (Wildman–Crippen MR) is 174 cm³/mol. The van der Waals surface area contributed by atoms with Crippen LogP contribution in [0.4, 0.5) is 5.69 Å². The smallest absolute Gasteiger partial charge is 0.347 e. The molecule has 0 radical (unpaired) electrons. The van der Waals surface area contributed by atoms with Gasteiger partial charge in [-0.2, -0.15) is 0 Å². The fraction of sp³-hybridized carbons (Fsp3) is 0.389. The van der Waals surface area contributed by atoms with E-state index >= 15 is 0 Å². The molecular weight excluding hydrogens is 524 g/mol. The van der Waals surface area contributed by atoms with Crippen molar-refractivity contribution in [2.45, 2.75) is 67.9 Å². The third kappa shape index (κ3) is 5.08. The summed E-state index contributed by atoms with van der Waals surface area (Å²) >= 11 is 0. The molecule has 220 valence electrons. The van der Waals surface area contributed by atoms with Crippen molar-refractivity contribution in [2.75, 3.05) is 24.5 Å². The summed E-state index contributed by atoms with van der Waals surface area (Å²) in [5, 5.41) is 13.8. The third-order valence-corrected chi connectivity index (χ3v) is 8.41. The number of fused-ring (bicyclic) bond motifs is 3. The lowest BCUT2D eigenvalue weighted by Crippen LogP contribution is -2.49. The van der Waals surface area contributed by atoms with Crippen molar-refractivity contribution in [1.82, 2.24) is 4.58 Å². The van der Waals surface area contributed by atoms with Crippen LogP contribution < -0.4 is 30.4 Å². The molecule has 2 aliphatic rings. The maximum Gasteiger partial charge on any atom is 0.347 e. The van der Waals surface area contributed by atoms with Gasteiger partial charge < -0.3 is 19.2 Å². The van der Waals surface area contributed by atoms with Crippen molar-refractivity contribution < 1.29 is 14.3 Å². The molecule has 2 aromatic carbocycles. The first-order valence-electron chi connectivity index (χ1n) is 14.9. The Labute approximate surface area is 248 Å². The second kappa shape index (κ2) is 10.6. The molecule has 1 aromatic heterocycles. The Morgan fingerprint density at radius 3 is 2.40 bits per heavy atom. The number of allylic oxidation sites excluding steroid dienone is 4. The summed E-state index contributed by atoms with van der Waals surface area (Å²) in [5.74, 6) is 1.53. The summed E-state index contributed by atoms with van der Waals surface area (Å²) in [7, 11) is 0. The Kier molecular flexibility index (Phi) is 7.46. The standard InChI is InChI=1S/C36H42N2O4/c1-10-37(11-2)24-14-16-25-30(18-24)42-34(40)26(33(25)39)15-13-23-17-32(35(5,6)7)41-31-20-29-27(19-28(23)31)22(4)21-36(8,9)38(29)12-3/h13-21H,10-12H2,1-9H3/p+1. The highest BCUT2D eigenvalue weighted by atomic mass is 16.5. The molecule has 6 heteroatoms. The minimum Gasteiger partial charge on any atom is -0.506 e. The van der Waals surface area contributed by atoms with Crippen molar-refractivity contribution in [2.24, 2.45) is 5.41 Å². The summed E-state index contributed by atoms with van der Waals surface area (Å²) in [6, 6.07) is 9.91. The van der Waals surface area contributed by atoms with E-state index in [0.717, 1.165) is 58.5 Å². The van der Waals surface area contributed by atoms with Crippen LogP contribution in [0.1, 0.15) is 73.4 Å². The molecule has 0 spiro atoms. The number of rotatable bonds is 6. The quantitative estimate of drug-likeness (QED) is 0.282. The zero-order valence-electron chi connectivity index (χ0n) is 26.4. The third-order valence-electron chi connectivity index (χ3n) is 8.41. The lowest BCUT2D eigenvalue weighted by atomic mass is 9.88. The molecule has 42 heavy (non-hydrogen) atoms. The van der Waals surface area contributed by atoms with Crippen LogP contribution in [0.3, 0.4) is 0 Å². The van der Waals surface area contributed by atoms with E-state index in [-0.39, 0.29) is 22.3 Å². The number of benzene rings is 2. The van der Waals surface area contributed by atoms with Gasteiger partial charge in [0.1, 0.15) is 34.9 Å². The maximum absolute atomic E-state index is 13.1. The topological polar surface area (TPSA) is 65.9 Å². The highest BCUT2D eigenvalue weighted by Crippen LogP contribution is 2.34. The molecule has 0 saturated carbocycles. The van der Waals surface area contributed by atoms with E-state index in [9.17, 15) is 9.90 Å². The molecule has 0 saturated heterocycles. The number of nitrogens with zero attached hydrogens (tertiary/aromatic N) is 2. The normalized spacial score (nSPS) is 16.2. The van der Waals surface area contributed by atoms with Crippen LogP contribution in [0, 0.1) is 5.41 Å². The largest absolute Gasteiger partial charge is 0.506 e. The Bertz CT molecular complexity index is 1860. The van der Waals surface area contributed by atoms with Gasteiger partial charge in [0.25, 0.3) is 0 Å². The van der Waals surface area contributed by atoms with Gasteiger partial charge in [0.2, 0.25) is 5.36 Å². The SMILES string of the molecule is CCN(CC)c1ccc2c(O)c(/C=C/C3=c4cc5c(cc4OC(C(C)(C)C)=C3)=[N+](CC)C(C)(C)C=C5C)c(=O)oc2c1. The van der Waals surface area contributed by atoms with Crippen LogP contribution in [0.5, 0.6) is 11.5 Å². The number of likely N-dealkylation sites (N-methyl/N-ethyl adjacent to an activating group) is 1. The molecule has 6 nitrogen and oxygen atoms in total. The minimum atomic E-state index is -0.578. The first-order chi connectivity index (χ1) is 19.8. The van der Waals surface area contributed by atoms with Gasteiger partial charge >= 0.3 is 5.63 Å². The molecule has 0 aliphatic carbocycles. The van der Waals surface area contributed by atoms with E-state index in [2.05, 4.69) is 90.0 Å². The van der Waals surface area contributed by atoms with E-state index in [1.165, 1.54) is 5.57 Å². The van der Waals surface area contributed by atoms with Crippen LogP contribution in [0.2, 0.25) is 0 Å². The summed E-state index contributed by atoms with van der Waals surface area (Å²) in [6.45, 7) is 21.8. The van der Waals surface area contributed by atoms with E-state index < -0.39 is 5.63 Å². The monoisotopic (exact) mass is 567 g/mol. The summed E-state index contributed by atoms with van der Waals surface area (Å²) < 4.78 is 14.6. The van der Waals surface area contributed by atoms with E-state index in [1.54, 1.807) is 6.08 Å². The highest BCUT2D eigenvalue weighted by Gasteiger charge is 2.33. The molecular formula is C36H43N2O4+. The van der Waals surface area contributed by atoms with Crippen LogP contribution in [0.25, 0.3) is 28.2 Å². The second-order valence-corrected chi connectivity index (χ2v) is 12.7. The van der Waals surface area contributed by atoms with E-state index in [4.69, 9.17) is 9.15 Å². The summed E-state index contributed by atoms with van der Waals surface area (Å²) in [4.78, 5) is 15.3. The zero-order chi connectivity index (χ0) is 30.6. The van der Waals surface area contributed by atoms with E-state index in [0.29, 0.717) is 11.0 Å². The summed E-state index contributed by atoms with van der Waals surface area (Å²) in [5.41, 5.74) is 3.79. The van der Waals surface area contributed by atoms with Gasteiger partial charge in [0.05, 0.1) is 11.5 Å². The van der Waals surface area contributed by atoms with Crippen molar-refractivity contribution >= 4 is 33.9 Å².